The molecule has 0 saturated carbocycles. The fourth-order valence-electron chi connectivity index (χ4n) is 3.04. The van der Waals surface area contributed by atoms with E-state index in [1.807, 2.05) is 31.2 Å². The third-order valence-electron chi connectivity index (χ3n) is 4.61. The molecule has 0 spiro atoms. The molecule has 0 saturated heterocycles. The van der Waals surface area contributed by atoms with E-state index in [0.29, 0.717) is 17.1 Å². The van der Waals surface area contributed by atoms with Crippen LogP contribution in [0, 0.1) is 6.92 Å². The van der Waals surface area contributed by atoms with Crippen molar-refractivity contribution in [3.8, 4) is 11.4 Å². The van der Waals surface area contributed by atoms with Crippen LogP contribution in [0.2, 0.25) is 0 Å². The number of pyridine rings is 1. The molecule has 0 aliphatic heterocycles. The Morgan fingerprint density at radius 3 is 2.64 bits per heavy atom. The van der Waals surface area contributed by atoms with Crippen molar-refractivity contribution < 1.29 is 4.79 Å². The molecule has 6 nitrogen and oxygen atoms in total. The standard InChI is InChI=1S/C22H24N4O2/c1-15(10-11-17-7-4-3-5-8-17)24-20(27)13-19-16(2)25-21(26-22(19)28)18-9-6-12-23-14-18/h3-9,12,14-15H,10-11,13H2,1-2H3,(H,24,27)(H,25,26,28)/t15-/m0/s1. The van der Waals surface area contributed by atoms with E-state index < -0.39 is 0 Å². The highest BCUT2D eigenvalue weighted by molar-refractivity contribution is 5.79. The first-order valence-electron chi connectivity index (χ1n) is 9.36. The van der Waals surface area contributed by atoms with Crippen LogP contribution in [0.3, 0.4) is 0 Å². The average Bonchev–Trinajstić information content (AvgIpc) is 2.70. The second kappa shape index (κ2) is 9.08. The summed E-state index contributed by atoms with van der Waals surface area (Å²) in [5.41, 5.74) is 2.62. The third-order valence-corrected chi connectivity index (χ3v) is 4.61. The first-order valence-corrected chi connectivity index (χ1v) is 9.36. The maximum absolute atomic E-state index is 12.5. The number of amides is 1. The minimum atomic E-state index is -0.293. The van der Waals surface area contributed by atoms with Crippen LogP contribution in [0.25, 0.3) is 11.4 Å². The van der Waals surface area contributed by atoms with Gasteiger partial charge in [-0.2, -0.15) is 0 Å². The van der Waals surface area contributed by atoms with E-state index in [0.717, 1.165) is 18.4 Å². The number of rotatable bonds is 7. The van der Waals surface area contributed by atoms with Gasteiger partial charge in [0, 0.05) is 35.3 Å². The highest BCUT2D eigenvalue weighted by atomic mass is 16.2. The van der Waals surface area contributed by atoms with Gasteiger partial charge in [0.15, 0.2) is 0 Å². The number of hydrogen-bond acceptors (Lipinski definition) is 4. The lowest BCUT2D eigenvalue weighted by Crippen LogP contribution is -2.35. The first-order chi connectivity index (χ1) is 13.5. The molecule has 1 atom stereocenters. The molecule has 144 valence electrons. The molecule has 3 rings (SSSR count). The van der Waals surface area contributed by atoms with Gasteiger partial charge in [-0.05, 0) is 44.4 Å². The highest BCUT2D eigenvalue weighted by Gasteiger charge is 2.15. The lowest BCUT2D eigenvalue weighted by molar-refractivity contribution is -0.121. The number of carbonyl (C=O) groups excluding carboxylic acids is 1. The molecule has 3 aromatic rings. The van der Waals surface area contributed by atoms with Crippen LogP contribution in [0.4, 0.5) is 0 Å². The zero-order valence-corrected chi connectivity index (χ0v) is 16.1. The predicted octanol–water partition coefficient (Wildman–Crippen LogP) is 2.82. The van der Waals surface area contributed by atoms with Crippen LogP contribution in [0.1, 0.15) is 30.2 Å². The number of aryl methyl sites for hydroxylation is 2. The Morgan fingerprint density at radius 2 is 1.96 bits per heavy atom. The van der Waals surface area contributed by atoms with Crippen molar-refractivity contribution in [1.82, 2.24) is 20.3 Å². The number of benzene rings is 1. The summed E-state index contributed by atoms with van der Waals surface area (Å²) in [6.07, 6.45) is 5.04. The molecular formula is C22H24N4O2. The zero-order valence-electron chi connectivity index (χ0n) is 16.1. The van der Waals surface area contributed by atoms with Gasteiger partial charge in [-0.1, -0.05) is 30.3 Å². The Morgan fingerprint density at radius 1 is 1.18 bits per heavy atom. The summed E-state index contributed by atoms with van der Waals surface area (Å²) in [5, 5.41) is 2.97. The minimum absolute atomic E-state index is 0.0111. The Balaban J connectivity index is 1.61. The van der Waals surface area contributed by atoms with Crippen molar-refractivity contribution in [2.45, 2.75) is 39.2 Å². The lowest BCUT2D eigenvalue weighted by Gasteiger charge is -2.14. The van der Waals surface area contributed by atoms with Crippen molar-refractivity contribution in [3.05, 3.63) is 82.0 Å². The summed E-state index contributed by atoms with van der Waals surface area (Å²) in [6, 6.07) is 13.8. The maximum Gasteiger partial charge on any atom is 0.255 e. The molecule has 2 aromatic heterocycles. The van der Waals surface area contributed by atoms with Crippen molar-refractivity contribution in [1.29, 1.82) is 0 Å². The Bertz CT molecular complexity index is 984. The lowest BCUT2D eigenvalue weighted by atomic mass is 10.1. The smallest absolute Gasteiger partial charge is 0.255 e. The van der Waals surface area contributed by atoms with Gasteiger partial charge in [0.1, 0.15) is 5.82 Å². The second-order valence-corrected chi connectivity index (χ2v) is 6.89. The van der Waals surface area contributed by atoms with E-state index >= 15 is 0 Å². The molecule has 0 bridgehead atoms. The van der Waals surface area contributed by atoms with Crippen LogP contribution in [-0.2, 0) is 17.6 Å². The molecule has 1 aromatic carbocycles. The van der Waals surface area contributed by atoms with Gasteiger partial charge in [0.2, 0.25) is 5.91 Å². The fourth-order valence-corrected chi connectivity index (χ4v) is 3.04. The van der Waals surface area contributed by atoms with Crippen molar-refractivity contribution >= 4 is 5.91 Å². The summed E-state index contributed by atoms with van der Waals surface area (Å²) < 4.78 is 0. The molecule has 0 aliphatic rings. The SMILES string of the molecule is Cc1nc(-c2cccnc2)[nH]c(=O)c1CC(=O)N[C@@H](C)CCc1ccccc1. The van der Waals surface area contributed by atoms with E-state index in [-0.39, 0.29) is 23.9 Å². The molecule has 2 N–H and O–H groups in total. The monoisotopic (exact) mass is 376 g/mol. The van der Waals surface area contributed by atoms with Crippen LogP contribution in [-0.4, -0.2) is 26.9 Å². The second-order valence-electron chi connectivity index (χ2n) is 6.89. The van der Waals surface area contributed by atoms with Gasteiger partial charge in [-0.25, -0.2) is 4.98 Å². The van der Waals surface area contributed by atoms with Gasteiger partial charge in [0.25, 0.3) is 5.56 Å². The summed E-state index contributed by atoms with van der Waals surface area (Å²) in [5.74, 6) is 0.279. The normalized spacial score (nSPS) is 11.8. The van der Waals surface area contributed by atoms with E-state index in [2.05, 4.69) is 32.4 Å². The predicted molar refractivity (Wildman–Crippen MR) is 109 cm³/mol. The molecule has 0 radical (unpaired) electrons. The first kappa shape index (κ1) is 19.5. The number of H-pyrrole nitrogens is 1. The van der Waals surface area contributed by atoms with Crippen LogP contribution < -0.4 is 10.9 Å². The molecule has 28 heavy (non-hydrogen) atoms. The maximum atomic E-state index is 12.5. The Kier molecular flexibility index (Phi) is 6.32. The van der Waals surface area contributed by atoms with Crippen LogP contribution in [0.15, 0.2) is 59.7 Å². The number of hydrogen-bond donors (Lipinski definition) is 2. The number of aromatic amines is 1. The molecule has 0 unspecified atom stereocenters. The van der Waals surface area contributed by atoms with Gasteiger partial charge in [0.05, 0.1) is 6.42 Å². The zero-order chi connectivity index (χ0) is 19.9. The summed E-state index contributed by atoms with van der Waals surface area (Å²) >= 11 is 0. The van der Waals surface area contributed by atoms with Crippen molar-refractivity contribution in [2.75, 3.05) is 0 Å². The number of aromatic nitrogens is 3. The molecular weight excluding hydrogens is 352 g/mol. The third kappa shape index (κ3) is 5.13. The molecule has 1 amide bonds. The van der Waals surface area contributed by atoms with Crippen LogP contribution in [0.5, 0.6) is 0 Å². The van der Waals surface area contributed by atoms with Gasteiger partial charge < -0.3 is 10.3 Å². The number of carbonyl (C=O) groups is 1. The Labute approximate surface area is 164 Å². The summed E-state index contributed by atoms with van der Waals surface area (Å²) in [7, 11) is 0. The van der Waals surface area contributed by atoms with E-state index in [1.165, 1.54) is 5.56 Å². The van der Waals surface area contributed by atoms with Crippen molar-refractivity contribution in [3.63, 3.8) is 0 Å². The molecule has 6 heteroatoms. The number of nitrogens with zero attached hydrogens (tertiary/aromatic N) is 2. The Hall–Kier alpha value is -3.28. The van der Waals surface area contributed by atoms with Crippen molar-refractivity contribution in [2.24, 2.45) is 0 Å². The largest absolute Gasteiger partial charge is 0.353 e. The van der Waals surface area contributed by atoms with E-state index in [4.69, 9.17) is 0 Å². The molecule has 0 aliphatic carbocycles. The minimum Gasteiger partial charge on any atom is -0.353 e. The molecule has 0 fully saturated rings. The quantitative estimate of drug-likeness (QED) is 0.664. The number of nitrogens with one attached hydrogen (secondary N) is 2. The van der Waals surface area contributed by atoms with Gasteiger partial charge >= 0.3 is 0 Å². The average molecular weight is 376 g/mol. The summed E-state index contributed by atoms with van der Waals surface area (Å²) in [6.45, 7) is 3.72. The fraction of sp³-hybridized carbons (Fsp3) is 0.273. The van der Waals surface area contributed by atoms with E-state index in [9.17, 15) is 9.59 Å². The van der Waals surface area contributed by atoms with Gasteiger partial charge in [-0.3, -0.25) is 14.6 Å². The van der Waals surface area contributed by atoms with Crippen LogP contribution >= 0.6 is 0 Å². The molecule has 2 heterocycles. The topological polar surface area (TPSA) is 87.7 Å². The van der Waals surface area contributed by atoms with E-state index in [1.54, 1.807) is 25.4 Å². The summed E-state index contributed by atoms with van der Waals surface area (Å²) in [4.78, 5) is 36.1. The highest BCUT2D eigenvalue weighted by Crippen LogP contribution is 2.13. The van der Waals surface area contributed by atoms with Gasteiger partial charge in [-0.15, -0.1) is 0 Å².